The Morgan fingerprint density at radius 2 is 1.41 bits per heavy atom. The molecule has 304 valence electrons. The molecule has 7 rings (SSSR count). The number of aliphatic hydroxyl groups is 1. The maximum atomic E-state index is 15.0. The molecule has 1 heterocycles. The minimum Gasteiger partial charge on any atom is -0.481 e. The summed E-state index contributed by atoms with van der Waals surface area (Å²) in [7, 11) is 0. The summed E-state index contributed by atoms with van der Waals surface area (Å²) >= 11 is 0. The fraction of sp³-hybridized carbons (Fsp3) is 0.884. The van der Waals surface area contributed by atoms with Gasteiger partial charge in [0.05, 0.1) is 40.3 Å². The predicted molar refractivity (Wildman–Crippen MR) is 197 cm³/mol. The number of fused-ring (bicyclic) bond motifs is 7. The second-order valence-corrected chi connectivity index (χ2v) is 21.1. The Balaban J connectivity index is 1.32. The van der Waals surface area contributed by atoms with Crippen molar-refractivity contribution in [3.8, 4) is 0 Å². The Bertz CT molecular complexity index is 1530. The molecule has 1 aliphatic heterocycles. The molecule has 14 unspecified atom stereocenters. The van der Waals surface area contributed by atoms with Crippen LogP contribution in [0, 0.1) is 69.0 Å². The van der Waals surface area contributed by atoms with Crippen molar-refractivity contribution in [3.05, 3.63) is 0 Å². The molecule has 4 bridgehead atoms. The number of carbonyl (C=O) groups excluding carboxylic acids is 4. The topological polar surface area (TPSA) is 163 Å². The summed E-state index contributed by atoms with van der Waals surface area (Å²) in [4.78, 5) is 69.1. The zero-order valence-electron chi connectivity index (χ0n) is 34.3. The van der Waals surface area contributed by atoms with E-state index in [1.54, 1.807) is 62.3 Å². The van der Waals surface area contributed by atoms with E-state index in [9.17, 15) is 29.4 Å². The molecule has 0 aromatic heterocycles. The first-order valence-electron chi connectivity index (χ1n) is 20.6. The average Bonchev–Trinajstić information content (AvgIpc) is 3.84. The highest BCUT2D eigenvalue weighted by Gasteiger charge is 2.64. The van der Waals surface area contributed by atoms with Crippen LogP contribution in [0.15, 0.2) is 0 Å². The molecule has 0 radical (unpaired) electrons. The Hall–Kier alpha value is -2.69. The van der Waals surface area contributed by atoms with E-state index < -0.39 is 74.9 Å². The van der Waals surface area contributed by atoms with Crippen LogP contribution in [0.25, 0.3) is 0 Å². The largest absolute Gasteiger partial charge is 0.481 e. The summed E-state index contributed by atoms with van der Waals surface area (Å²) in [6, 6.07) is 0. The average molecular weight is 759 g/mol. The van der Waals surface area contributed by atoms with Crippen molar-refractivity contribution in [1.29, 1.82) is 0 Å². The number of cyclic esters (lactones) is 1. The summed E-state index contributed by atoms with van der Waals surface area (Å²) < 4.78 is 24.2. The summed E-state index contributed by atoms with van der Waals surface area (Å²) in [6.07, 6.45) is 4.81. The van der Waals surface area contributed by atoms with Crippen LogP contribution in [0.1, 0.15) is 140 Å². The van der Waals surface area contributed by atoms with Crippen molar-refractivity contribution in [1.82, 2.24) is 0 Å². The van der Waals surface area contributed by atoms with Gasteiger partial charge in [-0.1, -0.05) is 13.3 Å². The lowest BCUT2D eigenvalue weighted by molar-refractivity contribution is -0.202. The van der Waals surface area contributed by atoms with Gasteiger partial charge < -0.3 is 29.2 Å². The van der Waals surface area contributed by atoms with Gasteiger partial charge in [-0.2, -0.15) is 0 Å². The quantitative estimate of drug-likeness (QED) is 0.148. The molecule has 11 nitrogen and oxygen atoms in total. The van der Waals surface area contributed by atoms with E-state index in [-0.39, 0.29) is 61.9 Å². The van der Waals surface area contributed by atoms with E-state index in [4.69, 9.17) is 18.9 Å². The van der Waals surface area contributed by atoms with Gasteiger partial charge in [0.1, 0.15) is 17.3 Å². The molecule has 7 fully saturated rings. The zero-order valence-corrected chi connectivity index (χ0v) is 34.3. The molecule has 2 N–H and O–H groups in total. The van der Waals surface area contributed by atoms with Crippen molar-refractivity contribution in [2.75, 3.05) is 6.61 Å². The predicted octanol–water partition coefficient (Wildman–Crippen LogP) is 6.90. The minimum absolute atomic E-state index is 0.0762. The van der Waals surface area contributed by atoms with Crippen molar-refractivity contribution in [2.24, 2.45) is 69.0 Å². The number of carboxylic acids is 1. The summed E-state index contributed by atoms with van der Waals surface area (Å²) in [5.41, 5.74) is -7.14. The van der Waals surface area contributed by atoms with Crippen LogP contribution < -0.4 is 0 Å². The van der Waals surface area contributed by atoms with Gasteiger partial charge in [-0.25, -0.2) is 0 Å². The van der Waals surface area contributed by atoms with Gasteiger partial charge in [-0.05, 0) is 150 Å². The lowest BCUT2D eigenvalue weighted by Gasteiger charge is -2.51. The first-order chi connectivity index (χ1) is 24.9. The Morgan fingerprint density at radius 3 is 2.04 bits per heavy atom. The van der Waals surface area contributed by atoms with Crippen LogP contribution in [0.3, 0.4) is 0 Å². The molecule has 0 spiro atoms. The highest BCUT2D eigenvalue weighted by atomic mass is 16.6. The van der Waals surface area contributed by atoms with Crippen LogP contribution in [0.4, 0.5) is 0 Å². The Kier molecular flexibility index (Phi) is 10.4. The van der Waals surface area contributed by atoms with E-state index in [0.717, 1.165) is 25.7 Å². The first-order valence-corrected chi connectivity index (χ1v) is 20.6. The third kappa shape index (κ3) is 7.10. The number of carbonyl (C=O) groups is 5. The van der Waals surface area contributed by atoms with E-state index in [1.165, 1.54) is 12.8 Å². The van der Waals surface area contributed by atoms with E-state index in [2.05, 4.69) is 0 Å². The molecule has 1 saturated heterocycles. The van der Waals surface area contributed by atoms with Crippen LogP contribution in [0.5, 0.6) is 0 Å². The third-order valence-electron chi connectivity index (χ3n) is 15.1. The molecule has 14 atom stereocenters. The van der Waals surface area contributed by atoms with Crippen LogP contribution in [0.2, 0.25) is 0 Å². The second kappa shape index (κ2) is 13.8. The molecular formula is C43H66O11. The molecule has 0 amide bonds. The second-order valence-electron chi connectivity index (χ2n) is 21.1. The minimum atomic E-state index is -1.47. The van der Waals surface area contributed by atoms with Gasteiger partial charge in [0.15, 0.2) is 0 Å². The maximum absolute atomic E-state index is 15.0. The van der Waals surface area contributed by atoms with Crippen LogP contribution in [-0.4, -0.2) is 70.1 Å². The molecule has 6 aliphatic carbocycles. The monoisotopic (exact) mass is 758 g/mol. The molecule has 0 aromatic carbocycles. The standard InChI is InChI=1S/C43H66O11/c1-11-40(7,34(46)47)21-42(9,36(49)53-38(2,3)4)22-41(8,37(50)54-43(10)18-23-17-29(43)25-14-12-13-24(23)25)20-39(5,6)35(48)52-32-27-16-15-26(31(32)44)28-19-51-33(45)30(27)28/h23-32,44H,11-22H2,1-10H3,(H,46,47). The van der Waals surface area contributed by atoms with Crippen molar-refractivity contribution < 1.29 is 53.1 Å². The lowest BCUT2D eigenvalue weighted by Crippen LogP contribution is -2.59. The van der Waals surface area contributed by atoms with Gasteiger partial charge in [-0.15, -0.1) is 0 Å². The summed E-state index contributed by atoms with van der Waals surface area (Å²) in [5.74, 6) is -2.29. The van der Waals surface area contributed by atoms with Gasteiger partial charge in [0, 0.05) is 17.8 Å². The summed E-state index contributed by atoms with van der Waals surface area (Å²) in [5, 5.41) is 21.8. The number of hydrogen-bond donors (Lipinski definition) is 2. The number of ether oxygens (including phenoxy) is 4. The number of aliphatic hydroxyl groups excluding tert-OH is 1. The lowest BCUT2D eigenvalue weighted by atomic mass is 9.57. The van der Waals surface area contributed by atoms with Crippen LogP contribution >= 0.6 is 0 Å². The van der Waals surface area contributed by atoms with Gasteiger partial charge in [0.2, 0.25) is 0 Å². The smallest absolute Gasteiger partial charge is 0.312 e. The SMILES string of the molecule is CCC(C)(CC(C)(CC(C)(CC(C)(C)C(=O)OC1C(O)C2CCC1C1C(=O)OCC21)C(=O)OC1(C)CC2CC1C1CCCC21)C(=O)OC(C)(C)C)C(=O)O. The normalized spacial score (nSPS) is 38.7. The first kappa shape index (κ1) is 41.0. The maximum Gasteiger partial charge on any atom is 0.312 e. The number of carboxylic acid groups (broad SMARTS) is 1. The molecule has 54 heavy (non-hydrogen) atoms. The van der Waals surface area contributed by atoms with E-state index in [1.807, 2.05) is 6.92 Å². The molecule has 11 heteroatoms. The van der Waals surface area contributed by atoms with Crippen molar-refractivity contribution in [2.45, 2.75) is 163 Å². The number of hydrogen-bond acceptors (Lipinski definition) is 10. The van der Waals surface area contributed by atoms with Gasteiger partial charge in [-0.3, -0.25) is 24.0 Å². The fourth-order valence-corrected chi connectivity index (χ4v) is 12.7. The van der Waals surface area contributed by atoms with Gasteiger partial charge >= 0.3 is 29.8 Å². The van der Waals surface area contributed by atoms with E-state index >= 15 is 4.79 Å². The van der Waals surface area contributed by atoms with E-state index in [0.29, 0.717) is 24.2 Å². The number of esters is 4. The molecular weight excluding hydrogens is 692 g/mol. The highest BCUT2D eigenvalue weighted by Crippen LogP contribution is 2.64. The Labute approximate surface area is 321 Å². The summed E-state index contributed by atoms with van der Waals surface area (Å²) in [6.45, 7) is 17.7. The third-order valence-corrected chi connectivity index (χ3v) is 15.1. The van der Waals surface area contributed by atoms with Crippen LogP contribution in [-0.2, 0) is 42.9 Å². The zero-order chi connectivity index (χ0) is 40.0. The van der Waals surface area contributed by atoms with Crippen molar-refractivity contribution >= 4 is 29.8 Å². The number of aliphatic carboxylic acids is 1. The molecule has 7 aliphatic rings. The molecule has 0 aromatic rings. The van der Waals surface area contributed by atoms with Crippen molar-refractivity contribution in [3.63, 3.8) is 0 Å². The Morgan fingerprint density at radius 1 is 0.796 bits per heavy atom. The fourth-order valence-electron chi connectivity index (χ4n) is 12.7. The number of rotatable bonds is 13. The van der Waals surface area contributed by atoms with Gasteiger partial charge in [0.25, 0.3) is 0 Å². The molecule has 6 saturated carbocycles. The highest BCUT2D eigenvalue weighted by molar-refractivity contribution is 5.84.